The van der Waals surface area contributed by atoms with Gasteiger partial charge >= 0.3 is 6.09 Å². The van der Waals surface area contributed by atoms with Gasteiger partial charge in [-0.1, -0.05) is 6.07 Å². The summed E-state index contributed by atoms with van der Waals surface area (Å²) >= 11 is 0. The van der Waals surface area contributed by atoms with Gasteiger partial charge in [0.25, 0.3) is 0 Å². The molecule has 1 N–H and O–H groups in total. The zero-order chi connectivity index (χ0) is 13.8. The van der Waals surface area contributed by atoms with Crippen LogP contribution < -0.4 is 4.90 Å². The quantitative estimate of drug-likeness (QED) is 0.893. The van der Waals surface area contributed by atoms with Gasteiger partial charge in [0, 0.05) is 19.9 Å². The zero-order valence-corrected chi connectivity index (χ0v) is 11.3. The van der Waals surface area contributed by atoms with Gasteiger partial charge in [-0.25, -0.2) is 9.78 Å². The molecule has 0 aliphatic carbocycles. The predicted molar refractivity (Wildman–Crippen MR) is 69.7 cm³/mol. The number of carbonyl (C=O) groups is 1. The minimum absolute atomic E-state index is 0.0862. The molecule has 0 fully saturated rings. The standard InChI is InChI=1S/C13H20N2O3/c1-13(2,3)18-12(17)15(4)11-6-5-10(7-8-16)9-14-11/h5-6,9,16H,7-8H2,1-4H3. The molecule has 0 saturated heterocycles. The van der Waals surface area contributed by atoms with Gasteiger partial charge in [0.2, 0.25) is 0 Å². The third-order valence-corrected chi connectivity index (χ3v) is 2.22. The summed E-state index contributed by atoms with van der Waals surface area (Å²) in [5.41, 5.74) is 0.404. The number of pyridine rings is 1. The second kappa shape index (κ2) is 5.82. The molecule has 100 valence electrons. The van der Waals surface area contributed by atoms with E-state index in [4.69, 9.17) is 9.84 Å². The van der Waals surface area contributed by atoms with E-state index in [1.165, 1.54) is 4.90 Å². The van der Waals surface area contributed by atoms with Crippen LogP contribution in [0.1, 0.15) is 26.3 Å². The monoisotopic (exact) mass is 252 g/mol. The molecule has 0 saturated carbocycles. The van der Waals surface area contributed by atoms with Gasteiger partial charge in [-0.05, 0) is 38.8 Å². The first-order valence-electron chi connectivity index (χ1n) is 5.86. The van der Waals surface area contributed by atoms with Gasteiger partial charge in [0.15, 0.2) is 0 Å². The van der Waals surface area contributed by atoms with E-state index >= 15 is 0 Å². The molecule has 5 heteroatoms. The van der Waals surface area contributed by atoms with Crippen LogP contribution in [0.4, 0.5) is 10.6 Å². The number of nitrogens with zero attached hydrogens (tertiary/aromatic N) is 2. The molecule has 1 rings (SSSR count). The van der Waals surface area contributed by atoms with Crippen molar-refractivity contribution in [1.82, 2.24) is 4.98 Å². The number of aromatic nitrogens is 1. The van der Waals surface area contributed by atoms with Crippen LogP contribution >= 0.6 is 0 Å². The van der Waals surface area contributed by atoms with Crippen molar-refractivity contribution >= 4 is 11.9 Å². The molecule has 5 nitrogen and oxygen atoms in total. The Balaban J connectivity index is 2.71. The number of anilines is 1. The van der Waals surface area contributed by atoms with Crippen molar-refractivity contribution in [3.05, 3.63) is 23.9 Å². The summed E-state index contributed by atoms with van der Waals surface area (Å²) in [4.78, 5) is 17.3. The lowest BCUT2D eigenvalue weighted by Gasteiger charge is -2.24. The van der Waals surface area contributed by atoms with E-state index in [-0.39, 0.29) is 6.61 Å². The Morgan fingerprint density at radius 1 is 1.44 bits per heavy atom. The second-order valence-corrected chi connectivity index (χ2v) is 5.04. The second-order valence-electron chi connectivity index (χ2n) is 5.04. The highest BCUT2D eigenvalue weighted by Gasteiger charge is 2.20. The zero-order valence-electron chi connectivity index (χ0n) is 11.3. The van der Waals surface area contributed by atoms with Gasteiger partial charge < -0.3 is 9.84 Å². The first-order chi connectivity index (χ1) is 8.33. The topological polar surface area (TPSA) is 62.7 Å². The largest absolute Gasteiger partial charge is 0.443 e. The maximum absolute atomic E-state index is 11.8. The Labute approximate surface area is 107 Å². The van der Waals surface area contributed by atoms with Gasteiger partial charge in [-0.2, -0.15) is 0 Å². The molecule has 1 heterocycles. The Morgan fingerprint density at radius 2 is 2.11 bits per heavy atom. The van der Waals surface area contributed by atoms with E-state index < -0.39 is 11.7 Å². The summed E-state index contributed by atoms with van der Waals surface area (Å²) in [6.07, 6.45) is 1.76. The predicted octanol–water partition coefficient (Wildman–Crippen LogP) is 1.99. The molecule has 0 unspecified atom stereocenters. The normalized spacial score (nSPS) is 11.2. The van der Waals surface area contributed by atoms with Gasteiger partial charge in [-0.15, -0.1) is 0 Å². The summed E-state index contributed by atoms with van der Waals surface area (Å²) in [6, 6.07) is 3.56. The Morgan fingerprint density at radius 3 is 2.56 bits per heavy atom. The van der Waals surface area contributed by atoms with Crippen molar-refractivity contribution in [2.45, 2.75) is 32.8 Å². The number of aliphatic hydroxyl groups is 1. The van der Waals surface area contributed by atoms with E-state index in [2.05, 4.69) is 4.98 Å². The number of aliphatic hydroxyl groups excluding tert-OH is 1. The van der Waals surface area contributed by atoms with Crippen LogP contribution in [0.25, 0.3) is 0 Å². The summed E-state index contributed by atoms with van der Waals surface area (Å²) < 4.78 is 5.24. The van der Waals surface area contributed by atoms with E-state index in [1.807, 2.05) is 26.8 Å². The van der Waals surface area contributed by atoms with E-state index in [0.717, 1.165) is 5.56 Å². The maximum Gasteiger partial charge on any atom is 0.415 e. The first-order valence-corrected chi connectivity index (χ1v) is 5.86. The highest BCUT2D eigenvalue weighted by atomic mass is 16.6. The number of carbonyl (C=O) groups excluding carboxylic acids is 1. The van der Waals surface area contributed by atoms with Crippen molar-refractivity contribution in [2.75, 3.05) is 18.6 Å². The summed E-state index contributed by atoms with van der Waals surface area (Å²) in [7, 11) is 1.61. The Bertz CT molecular complexity index is 396. The van der Waals surface area contributed by atoms with Crippen LogP contribution in [0.3, 0.4) is 0 Å². The highest BCUT2D eigenvalue weighted by molar-refractivity contribution is 5.85. The fraction of sp³-hybridized carbons (Fsp3) is 0.538. The summed E-state index contributed by atoms with van der Waals surface area (Å²) in [6.45, 7) is 5.53. The molecule has 0 spiro atoms. The molecule has 0 aliphatic heterocycles. The molecule has 1 aromatic rings. The van der Waals surface area contributed by atoms with Crippen molar-refractivity contribution in [3.8, 4) is 0 Å². The molecule has 0 aromatic carbocycles. The van der Waals surface area contributed by atoms with Gasteiger partial charge in [0.1, 0.15) is 11.4 Å². The van der Waals surface area contributed by atoms with Crippen LogP contribution in [0.2, 0.25) is 0 Å². The third kappa shape index (κ3) is 4.33. The highest BCUT2D eigenvalue weighted by Crippen LogP contribution is 2.14. The van der Waals surface area contributed by atoms with Gasteiger partial charge in [0.05, 0.1) is 0 Å². The number of hydrogen-bond acceptors (Lipinski definition) is 4. The summed E-state index contributed by atoms with van der Waals surface area (Å²) in [5, 5.41) is 8.80. The molecule has 0 bridgehead atoms. The van der Waals surface area contributed by atoms with Crippen LogP contribution in [-0.2, 0) is 11.2 Å². The first kappa shape index (κ1) is 14.4. The summed E-state index contributed by atoms with van der Waals surface area (Å²) in [5.74, 6) is 0.519. The third-order valence-electron chi connectivity index (χ3n) is 2.22. The number of ether oxygens (including phenoxy) is 1. The van der Waals surface area contributed by atoms with Crippen molar-refractivity contribution in [2.24, 2.45) is 0 Å². The SMILES string of the molecule is CN(C(=O)OC(C)(C)C)c1ccc(CCO)cn1. The average Bonchev–Trinajstić information content (AvgIpc) is 2.27. The van der Waals surface area contributed by atoms with Gasteiger partial charge in [-0.3, -0.25) is 4.90 Å². The molecule has 0 atom stereocenters. The Hall–Kier alpha value is -1.62. The molecule has 18 heavy (non-hydrogen) atoms. The van der Waals surface area contributed by atoms with Crippen LogP contribution in [0, 0.1) is 0 Å². The molecule has 0 radical (unpaired) electrons. The minimum Gasteiger partial charge on any atom is -0.443 e. The molecular formula is C13H20N2O3. The van der Waals surface area contributed by atoms with Crippen molar-refractivity contribution in [3.63, 3.8) is 0 Å². The maximum atomic E-state index is 11.8. The molecule has 1 amide bonds. The molecular weight excluding hydrogens is 232 g/mol. The fourth-order valence-electron chi connectivity index (χ4n) is 1.32. The van der Waals surface area contributed by atoms with E-state index in [0.29, 0.717) is 12.2 Å². The van der Waals surface area contributed by atoms with Crippen LogP contribution in [0.15, 0.2) is 18.3 Å². The van der Waals surface area contributed by atoms with Crippen LogP contribution in [0.5, 0.6) is 0 Å². The lowest BCUT2D eigenvalue weighted by atomic mass is 10.2. The number of hydrogen-bond donors (Lipinski definition) is 1. The Kier molecular flexibility index (Phi) is 4.67. The van der Waals surface area contributed by atoms with Crippen LogP contribution in [-0.4, -0.2) is 35.4 Å². The number of amides is 1. The lowest BCUT2D eigenvalue weighted by Crippen LogP contribution is -2.34. The minimum atomic E-state index is -0.526. The van der Waals surface area contributed by atoms with E-state index in [1.54, 1.807) is 19.3 Å². The average molecular weight is 252 g/mol. The molecule has 1 aromatic heterocycles. The van der Waals surface area contributed by atoms with Crippen molar-refractivity contribution < 1.29 is 14.6 Å². The van der Waals surface area contributed by atoms with E-state index in [9.17, 15) is 4.79 Å². The lowest BCUT2D eigenvalue weighted by molar-refractivity contribution is 0.0588. The van der Waals surface area contributed by atoms with Crippen molar-refractivity contribution in [1.29, 1.82) is 0 Å². The molecule has 0 aliphatic rings. The fourth-order valence-corrected chi connectivity index (χ4v) is 1.32. The number of rotatable bonds is 3. The smallest absolute Gasteiger partial charge is 0.415 e.